The van der Waals surface area contributed by atoms with Gasteiger partial charge in [0.2, 0.25) is 0 Å². The zero-order chi connectivity index (χ0) is 29.3. The zero-order valence-electron chi connectivity index (χ0n) is 25.9. The number of ether oxygens (including phenoxy) is 1. The van der Waals surface area contributed by atoms with Crippen molar-refractivity contribution in [2.75, 3.05) is 0 Å². The molecule has 0 radical (unpaired) electrons. The minimum atomic E-state index is -0.934. The summed E-state index contributed by atoms with van der Waals surface area (Å²) < 4.78 is 5.62. The maximum Gasteiger partial charge on any atom is 0.338 e. The van der Waals surface area contributed by atoms with Crippen molar-refractivity contribution in [1.29, 1.82) is 0 Å². The number of hydrogen-bond acceptors (Lipinski definition) is 4. The Bertz CT molecular complexity index is 826. The van der Waals surface area contributed by atoms with E-state index >= 15 is 0 Å². The lowest BCUT2D eigenvalue weighted by Crippen LogP contribution is -2.31. The van der Waals surface area contributed by atoms with E-state index in [0.717, 1.165) is 38.5 Å². The van der Waals surface area contributed by atoms with E-state index in [1.807, 2.05) is 12.1 Å². The maximum absolute atomic E-state index is 13.0. The highest BCUT2D eigenvalue weighted by Crippen LogP contribution is 2.16. The summed E-state index contributed by atoms with van der Waals surface area (Å²) in [6, 6.07) is 8.74. The van der Waals surface area contributed by atoms with E-state index in [1.54, 1.807) is 30.3 Å². The van der Waals surface area contributed by atoms with Gasteiger partial charge in [0.15, 0.2) is 11.9 Å². The molecule has 226 valence electrons. The molecule has 1 N–H and O–H groups in total. The summed E-state index contributed by atoms with van der Waals surface area (Å²) in [7, 11) is 0. The maximum atomic E-state index is 13.0. The molecule has 40 heavy (non-hydrogen) atoms. The van der Waals surface area contributed by atoms with Gasteiger partial charge in [0.1, 0.15) is 0 Å². The van der Waals surface area contributed by atoms with Gasteiger partial charge in [-0.05, 0) is 51.2 Å². The largest absolute Gasteiger partial charge is 0.451 e. The van der Waals surface area contributed by atoms with Gasteiger partial charge in [-0.1, -0.05) is 133 Å². The Hall–Kier alpha value is -2.20. The number of hydrogen-bond donors (Lipinski definition) is 1. The molecular formula is C36H58O4. The lowest BCUT2D eigenvalue weighted by Gasteiger charge is -2.19. The van der Waals surface area contributed by atoms with Crippen LogP contribution in [0.5, 0.6) is 0 Å². The van der Waals surface area contributed by atoms with Gasteiger partial charge >= 0.3 is 5.97 Å². The Morgan fingerprint density at radius 1 is 0.775 bits per heavy atom. The second-order valence-corrected chi connectivity index (χ2v) is 11.3. The molecule has 2 unspecified atom stereocenters. The fourth-order valence-electron chi connectivity index (χ4n) is 4.87. The second kappa shape index (κ2) is 24.6. The van der Waals surface area contributed by atoms with Crippen LogP contribution in [0, 0.1) is 0 Å². The number of rotatable bonds is 25. The summed E-state index contributed by atoms with van der Waals surface area (Å²) >= 11 is 0. The van der Waals surface area contributed by atoms with E-state index in [4.69, 9.17) is 4.74 Å². The predicted octanol–water partition coefficient (Wildman–Crippen LogP) is 10.1. The van der Waals surface area contributed by atoms with Crippen LogP contribution in [0.3, 0.4) is 0 Å². The quantitative estimate of drug-likeness (QED) is 0.0742. The van der Waals surface area contributed by atoms with Crippen LogP contribution in [0.15, 0.2) is 54.1 Å². The predicted molar refractivity (Wildman–Crippen MR) is 169 cm³/mol. The first kappa shape index (κ1) is 35.8. The molecule has 2 atom stereocenters. The van der Waals surface area contributed by atoms with E-state index < -0.39 is 18.2 Å². The highest BCUT2D eigenvalue weighted by Gasteiger charge is 2.25. The van der Waals surface area contributed by atoms with Crippen LogP contribution in [0.2, 0.25) is 0 Å². The van der Waals surface area contributed by atoms with Crippen molar-refractivity contribution in [1.82, 2.24) is 0 Å². The number of aliphatic hydroxyl groups excluding tert-OH is 1. The summed E-state index contributed by atoms with van der Waals surface area (Å²) in [6.07, 6.45) is 24.8. The first-order chi connectivity index (χ1) is 19.5. The van der Waals surface area contributed by atoms with Crippen molar-refractivity contribution in [3.8, 4) is 0 Å². The van der Waals surface area contributed by atoms with E-state index in [1.165, 1.54) is 76.2 Å². The molecular weight excluding hydrogens is 496 g/mol. The molecule has 0 aromatic heterocycles. The smallest absolute Gasteiger partial charge is 0.338 e. The Kier molecular flexibility index (Phi) is 22.0. The van der Waals surface area contributed by atoms with Crippen molar-refractivity contribution < 1.29 is 19.4 Å². The van der Waals surface area contributed by atoms with Crippen LogP contribution in [-0.2, 0) is 9.53 Å². The van der Waals surface area contributed by atoms with Gasteiger partial charge < -0.3 is 9.84 Å². The molecule has 4 nitrogen and oxygen atoms in total. The van der Waals surface area contributed by atoms with Crippen LogP contribution in [0.4, 0.5) is 0 Å². The van der Waals surface area contributed by atoms with Crippen molar-refractivity contribution in [2.45, 2.75) is 155 Å². The Morgan fingerprint density at radius 3 is 1.93 bits per heavy atom. The van der Waals surface area contributed by atoms with Crippen LogP contribution >= 0.6 is 0 Å². The molecule has 0 aliphatic carbocycles. The van der Waals surface area contributed by atoms with Gasteiger partial charge in [-0.2, -0.15) is 0 Å². The monoisotopic (exact) mass is 554 g/mol. The molecule has 0 fully saturated rings. The minimum absolute atomic E-state index is 0.0948. The van der Waals surface area contributed by atoms with Crippen LogP contribution in [0.1, 0.15) is 153 Å². The van der Waals surface area contributed by atoms with Gasteiger partial charge in [0.05, 0.1) is 11.7 Å². The first-order valence-corrected chi connectivity index (χ1v) is 16.3. The SMILES string of the molecule is CCCCCCCCCC(=O)C(CC(O)C=CCCC=C(C)CCCCCCCCC)OC(=O)c1ccccc1. The van der Waals surface area contributed by atoms with Crippen molar-refractivity contribution in [3.63, 3.8) is 0 Å². The van der Waals surface area contributed by atoms with E-state index in [0.29, 0.717) is 12.0 Å². The molecule has 1 aromatic carbocycles. The molecule has 0 aliphatic rings. The standard InChI is InChI=1S/C36H58O4/c1-4-6-8-10-12-14-18-24-31(3)25-19-16-22-28-33(37)30-35(40-36(39)32-26-20-17-21-27-32)34(38)29-23-15-13-11-9-7-5-2/h17,20-22,25-28,33,35,37H,4-16,18-19,23-24,29-30H2,1-3H3. The Labute approximate surface area is 245 Å². The van der Waals surface area contributed by atoms with Crippen LogP contribution in [-0.4, -0.2) is 29.1 Å². The molecule has 0 aliphatic heterocycles. The first-order valence-electron chi connectivity index (χ1n) is 16.3. The minimum Gasteiger partial charge on any atom is -0.451 e. The third-order valence-corrected chi connectivity index (χ3v) is 7.46. The average molecular weight is 555 g/mol. The summed E-state index contributed by atoms with van der Waals surface area (Å²) in [4.78, 5) is 25.6. The van der Waals surface area contributed by atoms with Gasteiger partial charge in [0.25, 0.3) is 0 Å². The van der Waals surface area contributed by atoms with Gasteiger partial charge in [-0.15, -0.1) is 0 Å². The number of aliphatic hydroxyl groups is 1. The molecule has 0 amide bonds. The van der Waals surface area contributed by atoms with Gasteiger partial charge in [0, 0.05) is 12.8 Å². The van der Waals surface area contributed by atoms with E-state index in [2.05, 4.69) is 26.8 Å². The normalized spacial score (nSPS) is 13.4. The van der Waals surface area contributed by atoms with Crippen LogP contribution in [0.25, 0.3) is 0 Å². The number of Topliss-reactive ketones (excluding diaryl/α,β-unsaturated/α-hetero) is 1. The second-order valence-electron chi connectivity index (χ2n) is 11.3. The molecule has 1 aromatic rings. The summed E-state index contributed by atoms with van der Waals surface area (Å²) in [5.41, 5.74) is 1.85. The highest BCUT2D eigenvalue weighted by molar-refractivity contribution is 5.92. The van der Waals surface area contributed by atoms with Crippen molar-refractivity contribution in [3.05, 3.63) is 59.7 Å². The van der Waals surface area contributed by atoms with E-state index in [-0.39, 0.29) is 12.2 Å². The highest BCUT2D eigenvalue weighted by atomic mass is 16.5. The van der Waals surface area contributed by atoms with Crippen LogP contribution < -0.4 is 0 Å². The number of benzene rings is 1. The van der Waals surface area contributed by atoms with Crippen molar-refractivity contribution >= 4 is 11.8 Å². The molecule has 0 saturated carbocycles. The van der Waals surface area contributed by atoms with Gasteiger partial charge in [-0.3, -0.25) is 4.79 Å². The molecule has 0 spiro atoms. The lowest BCUT2D eigenvalue weighted by molar-refractivity contribution is -0.129. The molecule has 0 heterocycles. The zero-order valence-corrected chi connectivity index (χ0v) is 25.9. The average Bonchev–Trinajstić information content (AvgIpc) is 2.96. The fourth-order valence-corrected chi connectivity index (χ4v) is 4.87. The Morgan fingerprint density at radius 2 is 1.32 bits per heavy atom. The number of allylic oxidation sites excluding steroid dienone is 3. The Balaban J connectivity index is 2.47. The van der Waals surface area contributed by atoms with E-state index in [9.17, 15) is 14.7 Å². The van der Waals surface area contributed by atoms with Gasteiger partial charge in [-0.25, -0.2) is 4.79 Å². The molecule has 1 rings (SSSR count). The number of unbranched alkanes of at least 4 members (excludes halogenated alkanes) is 13. The summed E-state index contributed by atoms with van der Waals surface area (Å²) in [5.74, 6) is -0.620. The molecule has 4 heteroatoms. The number of esters is 1. The topological polar surface area (TPSA) is 63.6 Å². The third kappa shape index (κ3) is 19.0. The number of carbonyl (C=O) groups is 2. The summed E-state index contributed by atoms with van der Waals surface area (Å²) in [5, 5.41) is 10.6. The lowest BCUT2D eigenvalue weighted by atomic mass is 10.0. The molecule has 0 saturated heterocycles. The molecule has 0 bridgehead atoms. The number of carbonyl (C=O) groups excluding carboxylic acids is 2. The fraction of sp³-hybridized carbons (Fsp3) is 0.667. The summed E-state index contributed by atoms with van der Waals surface area (Å²) in [6.45, 7) is 6.66. The van der Waals surface area contributed by atoms with Crippen molar-refractivity contribution in [2.24, 2.45) is 0 Å². The number of ketones is 1. The third-order valence-electron chi connectivity index (χ3n) is 7.46.